The highest BCUT2D eigenvalue weighted by molar-refractivity contribution is 5.83. The third kappa shape index (κ3) is 4.13. The van der Waals surface area contributed by atoms with Gasteiger partial charge in [-0.25, -0.2) is 9.59 Å². The van der Waals surface area contributed by atoms with Gasteiger partial charge in [0.1, 0.15) is 5.82 Å². The summed E-state index contributed by atoms with van der Waals surface area (Å²) in [6, 6.07) is 1.41. The van der Waals surface area contributed by atoms with Crippen LogP contribution < -0.4 is 15.8 Å². The van der Waals surface area contributed by atoms with Crippen molar-refractivity contribution in [3.8, 4) is 0 Å². The Morgan fingerprint density at radius 2 is 2.00 bits per heavy atom. The van der Waals surface area contributed by atoms with E-state index >= 15 is 0 Å². The van der Waals surface area contributed by atoms with Crippen molar-refractivity contribution in [2.24, 2.45) is 4.99 Å². The summed E-state index contributed by atoms with van der Waals surface area (Å²) in [5.41, 5.74) is -0.364. The minimum atomic E-state index is -0.958. The number of aromatic nitrogens is 2. The number of carbonyl (C=O) groups is 2. The molecule has 0 unspecified atom stereocenters. The SMILES string of the molecule is COC(=O)N=c1nc(N2CCC(O)CC2)cc(NC(=O)OC)n1O. The molecule has 2 rings (SSSR count). The van der Waals surface area contributed by atoms with E-state index in [4.69, 9.17) is 0 Å². The number of rotatable bonds is 2. The van der Waals surface area contributed by atoms with E-state index in [-0.39, 0.29) is 17.5 Å². The van der Waals surface area contributed by atoms with Crippen molar-refractivity contribution in [1.29, 1.82) is 0 Å². The molecule has 1 aromatic heterocycles. The standard InChI is InChI=1S/C13H19N5O6/c1-23-12(20)15-10-7-9(17-5-3-8(19)4-6-17)14-11(18(10)22)16-13(21)24-2/h7-8,19,22H,3-6H2,1-2H3,(H,15,20). The minimum Gasteiger partial charge on any atom is -0.453 e. The molecule has 11 heteroatoms. The number of nitrogens with one attached hydrogen (secondary N) is 1. The van der Waals surface area contributed by atoms with Crippen LogP contribution in [0.2, 0.25) is 0 Å². The van der Waals surface area contributed by atoms with Crippen LogP contribution in [0.3, 0.4) is 0 Å². The maximum absolute atomic E-state index is 11.4. The molecule has 0 aromatic carbocycles. The summed E-state index contributed by atoms with van der Waals surface area (Å²) in [6.07, 6.45) is -1.04. The van der Waals surface area contributed by atoms with E-state index in [0.29, 0.717) is 36.5 Å². The average molecular weight is 341 g/mol. The van der Waals surface area contributed by atoms with Crippen molar-refractivity contribution < 1.29 is 29.4 Å². The fourth-order valence-electron chi connectivity index (χ4n) is 2.17. The molecule has 3 N–H and O–H groups in total. The topological polar surface area (TPSA) is 139 Å². The highest BCUT2D eigenvalue weighted by Crippen LogP contribution is 2.19. The Bertz CT molecular complexity index is 680. The van der Waals surface area contributed by atoms with Gasteiger partial charge in [-0.1, -0.05) is 0 Å². The highest BCUT2D eigenvalue weighted by Gasteiger charge is 2.20. The molecule has 2 amide bonds. The molecular formula is C13H19N5O6. The van der Waals surface area contributed by atoms with E-state index in [1.54, 1.807) is 0 Å². The lowest BCUT2D eigenvalue weighted by Crippen LogP contribution is -2.38. The number of amides is 2. The van der Waals surface area contributed by atoms with Gasteiger partial charge in [0.15, 0.2) is 5.82 Å². The summed E-state index contributed by atoms with van der Waals surface area (Å²) >= 11 is 0. The molecule has 1 aromatic rings. The molecule has 0 spiro atoms. The lowest BCUT2D eigenvalue weighted by atomic mass is 10.1. The number of aliphatic hydroxyl groups is 1. The lowest BCUT2D eigenvalue weighted by Gasteiger charge is -2.30. The van der Waals surface area contributed by atoms with Crippen molar-refractivity contribution in [2.45, 2.75) is 18.9 Å². The number of methoxy groups -OCH3 is 2. The van der Waals surface area contributed by atoms with Gasteiger partial charge in [0.2, 0.25) is 0 Å². The van der Waals surface area contributed by atoms with Crippen LogP contribution in [0.1, 0.15) is 12.8 Å². The van der Waals surface area contributed by atoms with E-state index in [9.17, 15) is 19.9 Å². The van der Waals surface area contributed by atoms with Crippen LogP contribution in [0.5, 0.6) is 0 Å². The zero-order chi connectivity index (χ0) is 17.7. The quantitative estimate of drug-likeness (QED) is 0.635. The van der Waals surface area contributed by atoms with Crippen LogP contribution >= 0.6 is 0 Å². The van der Waals surface area contributed by atoms with Crippen molar-refractivity contribution >= 4 is 23.8 Å². The Hall–Kier alpha value is -2.82. The van der Waals surface area contributed by atoms with Gasteiger partial charge >= 0.3 is 12.2 Å². The Labute approximate surface area is 137 Å². The first-order chi connectivity index (χ1) is 11.4. The van der Waals surface area contributed by atoms with Gasteiger partial charge < -0.3 is 24.7 Å². The molecule has 1 fully saturated rings. The predicted molar refractivity (Wildman–Crippen MR) is 80.9 cm³/mol. The number of carbonyl (C=O) groups excluding carboxylic acids is 2. The predicted octanol–water partition coefficient (Wildman–Crippen LogP) is -0.0731. The molecule has 132 valence electrons. The molecule has 0 bridgehead atoms. The first-order valence-electron chi connectivity index (χ1n) is 7.18. The molecule has 24 heavy (non-hydrogen) atoms. The first-order valence-corrected chi connectivity index (χ1v) is 7.18. The van der Waals surface area contributed by atoms with Gasteiger partial charge in [-0.3, -0.25) is 5.32 Å². The highest BCUT2D eigenvalue weighted by atomic mass is 16.5. The van der Waals surface area contributed by atoms with Crippen LogP contribution in [0, 0.1) is 0 Å². The summed E-state index contributed by atoms with van der Waals surface area (Å²) in [5, 5.41) is 22.0. The van der Waals surface area contributed by atoms with Crippen molar-refractivity contribution in [1.82, 2.24) is 9.71 Å². The zero-order valence-electron chi connectivity index (χ0n) is 13.3. The number of piperidine rings is 1. The number of hydrogen-bond acceptors (Lipinski definition) is 8. The van der Waals surface area contributed by atoms with Crippen LogP contribution in [0.25, 0.3) is 0 Å². The lowest BCUT2D eigenvalue weighted by molar-refractivity contribution is 0.144. The maximum Gasteiger partial charge on any atom is 0.436 e. The second-order valence-corrected chi connectivity index (χ2v) is 5.03. The molecule has 0 atom stereocenters. The second kappa shape index (κ2) is 7.64. The number of ether oxygens (including phenoxy) is 2. The third-order valence-electron chi connectivity index (χ3n) is 3.47. The van der Waals surface area contributed by atoms with Crippen molar-refractivity contribution in [3.05, 3.63) is 11.7 Å². The largest absolute Gasteiger partial charge is 0.453 e. The van der Waals surface area contributed by atoms with Crippen molar-refractivity contribution in [3.63, 3.8) is 0 Å². The minimum absolute atomic E-state index is 0.0828. The normalized spacial score (nSPS) is 16.0. The van der Waals surface area contributed by atoms with Crippen LogP contribution in [-0.2, 0) is 9.47 Å². The fourth-order valence-corrected chi connectivity index (χ4v) is 2.17. The van der Waals surface area contributed by atoms with Crippen LogP contribution in [0.4, 0.5) is 21.2 Å². The maximum atomic E-state index is 11.4. The number of anilines is 2. The van der Waals surface area contributed by atoms with Gasteiger partial charge in [-0.15, -0.1) is 9.72 Å². The summed E-state index contributed by atoms with van der Waals surface area (Å²) in [5.74, 6) is 0.293. The summed E-state index contributed by atoms with van der Waals surface area (Å²) in [6.45, 7) is 1.05. The number of nitrogens with zero attached hydrogens (tertiary/aromatic N) is 4. The van der Waals surface area contributed by atoms with Gasteiger partial charge in [-0.2, -0.15) is 4.98 Å². The Kier molecular flexibility index (Phi) is 5.58. The first kappa shape index (κ1) is 17.5. The Morgan fingerprint density at radius 3 is 2.58 bits per heavy atom. The van der Waals surface area contributed by atoms with Gasteiger partial charge in [0.25, 0.3) is 5.62 Å². The van der Waals surface area contributed by atoms with E-state index in [2.05, 4.69) is 24.8 Å². The number of aliphatic hydroxyl groups excluding tert-OH is 1. The fraction of sp³-hybridized carbons (Fsp3) is 0.538. The summed E-state index contributed by atoms with van der Waals surface area (Å²) in [4.78, 5) is 32.2. The molecule has 0 aliphatic carbocycles. The molecule has 2 heterocycles. The Balaban J connectivity index is 2.44. The summed E-state index contributed by atoms with van der Waals surface area (Å²) in [7, 11) is 2.31. The average Bonchev–Trinajstić information content (AvgIpc) is 2.58. The molecule has 1 saturated heterocycles. The molecule has 11 nitrogen and oxygen atoms in total. The van der Waals surface area contributed by atoms with Crippen molar-refractivity contribution in [2.75, 3.05) is 37.5 Å². The molecule has 1 aliphatic rings. The van der Waals surface area contributed by atoms with E-state index < -0.39 is 12.2 Å². The van der Waals surface area contributed by atoms with E-state index in [1.165, 1.54) is 13.2 Å². The van der Waals surface area contributed by atoms with Crippen LogP contribution in [-0.4, -0.2) is 65.6 Å². The third-order valence-corrected chi connectivity index (χ3v) is 3.47. The van der Waals surface area contributed by atoms with E-state index in [0.717, 1.165) is 7.11 Å². The van der Waals surface area contributed by atoms with E-state index in [1.807, 2.05) is 4.90 Å². The van der Waals surface area contributed by atoms with Gasteiger partial charge in [-0.05, 0) is 12.8 Å². The second-order valence-electron chi connectivity index (χ2n) is 5.03. The number of hydrogen-bond donors (Lipinski definition) is 3. The van der Waals surface area contributed by atoms with Gasteiger partial charge in [0, 0.05) is 19.2 Å². The Morgan fingerprint density at radius 1 is 1.33 bits per heavy atom. The van der Waals surface area contributed by atoms with Gasteiger partial charge in [0.05, 0.1) is 20.3 Å². The summed E-state index contributed by atoms with van der Waals surface area (Å²) < 4.78 is 9.35. The molecular weight excluding hydrogens is 322 g/mol. The van der Waals surface area contributed by atoms with Crippen LogP contribution in [0.15, 0.2) is 11.1 Å². The zero-order valence-corrected chi connectivity index (χ0v) is 13.3. The monoisotopic (exact) mass is 341 g/mol. The smallest absolute Gasteiger partial charge is 0.436 e. The molecule has 0 radical (unpaired) electrons. The molecule has 0 saturated carbocycles. The molecule has 1 aliphatic heterocycles.